The molecule has 0 aliphatic carbocycles. The van der Waals surface area contributed by atoms with Crippen LogP contribution in [-0.4, -0.2) is 45.5 Å². The van der Waals surface area contributed by atoms with Crippen molar-refractivity contribution in [2.75, 3.05) is 6.61 Å². The van der Waals surface area contributed by atoms with Gasteiger partial charge in [-0.15, -0.1) is 0 Å². The molecule has 1 aromatic rings. The number of carbonyl (C=O) groups excluding carboxylic acids is 1. The third-order valence-corrected chi connectivity index (χ3v) is 2.48. The zero-order chi connectivity index (χ0) is 18.5. The minimum absolute atomic E-state index is 0.359. The number of hydrogen-bond acceptors (Lipinski definition) is 7. The highest BCUT2D eigenvalue weighted by Crippen LogP contribution is 2.24. The van der Waals surface area contributed by atoms with Crippen molar-refractivity contribution in [3.8, 4) is 5.75 Å². The van der Waals surface area contributed by atoms with Crippen molar-refractivity contribution in [3.63, 3.8) is 0 Å². The summed E-state index contributed by atoms with van der Waals surface area (Å²) in [4.78, 5) is 32.9. The monoisotopic (exact) mass is 344 g/mol. The summed E-state index contributed by atoms with van der Waals surface area (Å²) in [5, 5.41) is 31.3. The molecule has 0 bridgehead atoms. The molecule has 1 aromatic heterocycles. The van der Waals surface area contributed by atoms with E-state index in [9.17, 15) is 24.9 Å². The van der Waals surface area contributed by atoms with Gasteiger partial charge in [-0.05, 0) is 20.8 Å². The van der Waals surface area contributed by atoms with Gasteiger partial charge in [-0.25, -0.2) is 9.59 Å². The van der Waals surface area contributed by atoms with Crippen LogP contribution in [0.25, 0.3) is 0 Å². The van der Waals surface area contributed by atoms with Crippen LogP contribution in [0.15, 0.2) is 18.5 Å². The quantitative estimate of drug-likeness (QED) is 0.291. The summed E-state index contributed by atoms with van der Waals surface area (Å²) >= 11 is 0. The summed E-state index contributed by atoms with van der Waals surface area (Å²) in [5.41, 5.74) is -1.30. The number of carbonyl (C=O) groups is 2. The van der Waals surface area contributed by atoms with Crippen LogP contribution >= 0.6 is 0 Å². The average molecular weight is 344 g/mol. The van der Waals surface area contributed by atoms with Crippen LogP contribution in [0.2, 0.25) is 0 Å². The van der Waals surface area contributed by atoms with Crippen LogP contribution < -0.4 is 14.8 Å². The lowest BCUT2D eigenvalue weighted by Gasteiger charge is -2.21. The Morgan fingerprint density at radius 3 is 2.58 bits per heavy atom. The van der Waals surface area contributed by atoms with Gasteiger partial charge in [0.2, 0.25) is 6.20 Å². The van der Waals surface area contributed by atoms with Crippen LogP contribution in [0.1, 0.15) is 20.8 Å². The van der Waals surface area contributed by atoms with Crippen molar-refractivity contribution >= 4 is 17.7 Å². The van der Waals surface area contributed by atoms with Crippen LogP contribution in [0.3, 0.4) is 0 Å². The van der Waals surface area contributed by atoms with E-state index in [1.807, 2.05) is 0 Å². The SMILES string of the molecule is CC(C)(C)OC(=O)N[C@@H](COc1c[n+](O)ccc1[N+](=O)[O-])C(=O)O. The topological polar surface area (TPSA) is 152 Å². The molecule has 0 aromatic carbocycles. The van der Waals surface area contributed by atoms with Crippen molar-refractivity contribution in [1.82, 2.24) is 5.32 Å². The standard InChI is InChI=1S/C13H17N3O8/c1-13(2,3)24-12(19)14-8(11(17)18)7-23-10-6-15(20)5-4-9(10)16(21)22/h4-6,8H,7H2,1-3H3,(H2-,14,17,18,19,20)/p+1/t8-/m0/s1. The molecule has 3 N–H and O–H groups in total. The fraction of sp³-hybridized carbons (Fsp3) is 0.462. The lowest BCUT2D eigenvalue weighted by Crippen LogP contribution is -2.46. The second-order valence-corrected chi connectivity index (χ2v) is 5.68. The molecule has 0 unspecified atom stereocenters. The van der Waals surface area contributed by atoms with E-state index in [4.69, 9.17) is 14.6 Å². The normalized spacial score (nSPS) is 12.1. The maximum absolute atomic E-state index is 11.6. The molecule has 1 atom stereocenters. The summed E-state index contributed by atoms with van der Waals surface area (Å²) in [7, 11) is 0. The molecule has 11 heteroatoms. The van der Waals surface area contributed by atoms with E-state index in [2.05, 4.69) is 5.32 Å². The van der Waals surface area contributed by atoms with E-state index in [0.717, 1.165) is 18.5 Å². The van der Waals surface area contributed by atoms with Gasteiger partial charge in [-0.2, -0.15) is 0 Å². The molecular weight excluding hydrogens is 326 g/mol. The number of pyridine rings is 1. The van der Waals surface area contributed by atoms with Gasteiger partial charge in [0, 0.05) is 4.73 Å². The molecule has 0 aliphatic rings. The van der Waals surface area contributed by atoms with Gasteiger partial charge in [0.05, 0.1) is 11.0 Å². The Labute approximate surface area is 136 Å². The zero-order valence-electron chi connectivity index (χ0n) is 13.3. The number of hydrogen-bond donors (Lipinski definition) is 3. The van der Waals surface area contributed by atoms with Crippen LogP contribution in [0, 0.1) is 10.1 Å². The largest absolute Gasteiger partial charge is 0.480 e. The lowest BCUT2D eigenvalue weighted by atomic mass is 10.2. The minimum atomic E-state index is -1.51. The first-order chi connectivity index (χ1) is 11.0. The van der Waals surface area contributed by atoms with Crippen molar-refractivity contribution in [2.24, 2.45) is 0 Å². The lowest BCUT2D eigenvalue weighted by molar-refractivity contribution is -0.905. The maximum Gasteiger partial charge on any atom is 0.408 e. The van der Waals surface area contributed by atoms with Gasteiger partial charge in [-0.1, -0.05) is 0 Å². The van der Waals surface area contributed by atoms with E-state index >= 15 is 0 Å². The van der Waals surface area contributed by atoms with Crippen molar-refractivity contribution in [3.05, 3.63) is 28.6 Å². The minimum Gasteiger partial charge on any atom is -0.480 e. The number of amides is 1. The summed E-state index contributed by atoms with van der Waals surface area (Å²) in [6.45, 7) is 4.20. The van der Waals surface area contributed by atoms with Gasteiger partial charge in [0.25, 0.3) is 11.9 Å². The molecular formula is C13H18N3O8+. The second-order valence-electron chi connectivity index (χ2n) is 5.68. The van der Waals surface area contributed by atoms with E-state index in [-0.39, 0.29) is 5.75 Å². The molecule has 0 spiro atoms. The molecule has 0 saturated carbocycles. The molecule has 1 amide bonds. The van der Waals surface area contributed by atoms with Gasteiger partial charge in [-0.3, -0.25) is 15.3 Å². The highest BCUT2D eigenvalue weighted by molar-refractivity contribution is 5.80. The first-order valence-electron chi connectivity index (χ1n) is 6.73. The van der Waals surface area contributed by atoms with Crippen LogP contribution in [-0.2, 0) is 9.53 Å². The number of nitrogens with zero attached hydrogens (tertiary/aromatic N) is 2. The van der Waals surface area contributed by atoms with Crippen molar-refractivity contribution in [1.29, 1.82) is 0 Å². The number of aromatic nitrogens is 1. The smallest absolute Gasteiger partial charge is 0.408 e. The van der Waals surface area contributed by atoms with E-state index in [1.165, 1.54) is 0 Å². The fourth-order valence-electron chi connectivity index (χ4n) is 1.52. The molecule has 24 heavy (non-hydrogen) atoms. The highest BCUT2D eigenvalue weighted by Gasteiger charge is 2.27. The Bertz CT molecular complexity index is 641. The summed E-state index contributed by atoms with van der Waals surface area (Å²) in [6, 6.07) is -0.529. The zero-order valence-corrected chi connectivity index (χ0v) is 13.3. The van der Waals surface area contributed by atoms with Crippen LogP contribution in [0.4, 0.5) is 10.5 Å². The molecule has 1 heterocycles. The van der Waals surface area contributed by atoms with Gasteiger partial charge >= 0.3 is 17.7 Å². The molecule has 0 radical (unpaired) electrons. The second kappa shape index (κ2) is 7.44. The fourth-order valence-corrected chi connectivity index (χ4v) is 1.52. The number of nitro groups is 1. The number of alkyl carbamates (subject to hydrolysis) is 1. The Hall–Kier alpha value is -3.11. The predicted molar refractivity (Wildman–Crippen MR) is 76.8 cm³/mol. The summed E-state index contributed by atoms with van der Waals surface area (Å²) in [6.07, 6.45) is 0.932. The van der Waals surface area contributed by atoms with Gasteiger partial charge in [0.1, 0.15) is 12.2 Å². The highest BCUT2D eigenvalue weighted by atomic mass is 16.6. The molecule has 0 fully saturated rings. The number of rotatable bonds is 6. The summed E-state index contributed by atoms with van der Waals surface area (Å²) in [5.74, 6) is -1.78. The van der Waals surface area contributed by atoms with E-state index < -0.39 is 40.9 Å². The third-order valence-electron chi connectivity index (χ3n) is 2.48. The Morgan fingerprint density at radius 1 is 1.46 bits per heavy atom. The molecule has 132 valence electrons. The first-order valence-corrected chi connectivity index (χ1v) is 6.73. The Kier molecular flexibility index (Phi) is 5.87. The Morgan fingerprint density at radius 2 is 2.08 bits per heavy atom. The number of carboxylic acid groups (broad SMARTS) is 1. The Balaban J connectivity index is 2.81. The summed E-state index contributed by atoms with van der Waals surface area (Å²) < 4.78 is 10.5. The maximum atomic E-state index is 11.6. The third kappa shape index (κ3) is 5.94. The van der Waals surface area contributed by atoms with Crippen LogP contribution in [0.5, 0.6) is 5.75 Å². The van der Waals surface area contributed by atoms with Gasteiger partial charge < -0.3 is 19.9 Å². The number of aliphatic carboxylic acids is 1. The van der Waals surface area contributed by atoms with Gasteiger partial charge in [0.15, 0.2) is 6.04 Å². The molecule has 0 aliphatic heterocycles. The molecule has 1 rings (SSSR count). The molecule has 0 saturated heterocycles. The van der Waals surface area contributed by atoms with Crippen molar-refractivity contribution in [2.45, 2.75) is 32.4 Å². The first kappa shape index (κ1) is 18.9. The average Bonchev–Trinajstić information content (AvgIpc) is 2.40. The predicted octanol–water partition coefficient (Wildman–Crippen LogP) is 0.476. The number of nitrogens with one attached hydrogen (secondary N) is 1. The molecule has 11 nitrogen and oxygen atoms in total. The van der Waals surface area contributed by atoms with E-state index in [1.54, 1.807) is 20.8 Å². The number of carboxylic acids is 1. The number of ether oxygens (including phenoxy) is 2. The van der Waals surface area contributed by atoms with E-state index in [0.29, 0.717) is 4.73 Å². The van der Waals surface area contributed by atoms with Crippen molar-refractivity contribution < 1.29 is 39.0 Å².